The van der Waals surface area contributed by atoms with Gasteiger partial charge in [-0.25, -0.2) is 0 Å². The summed E-state index contributed by atoms with van der Waals surface area (Å²) < 4.78 is 0. The third-order valence-electron chi connectivity index (χ3n) is 3.59. The number of amides is 2. The van der Waals surface area contributed by atoms with Crippen molar-refractivity contribution in [2.75, 3.05) is 5.75 Å². The molecule has 1 aromatic rings. The molecule has 24 heavy (non-hydrogen) atoms. The van der Waals surface area contributed by atoms with Gasteiger partial charge in [0.2, 0.25) is 11.8 Å². The molecule has 0 aliphatic rings. The Morgan fingerprint density at radius 2 is 1.71 bits per heavy atom. The van der Waals surface area contributed by atoms with Gasteiger partial charge in [-0.2, -0.15) is 0 Å². The lowest BCUT2D eigenvalue weighted by molar-refractivity contribution is -0.125. The minimum atomic E-state index is -0.836. The molecule has 1 rings (SSSR count). The number of carbonyl (C=O) groups is 3. The third kappa shape index (κ3) is 6.74. The van der Waals surface area contributed by atoms with Crippen LogP contribution >= 0.6 is 11.8 Å². The number of hydrogen-bond donors (Lipinski definition) is 2. The Morgan fingerprint density at radius 1 is 1.12 bits per heavy atom. The molecule has 0 saturated carbocycles. The topological polar surface area (TPSA) is 89.3 Å². The molecule has 0 heterocycles. The highest BCUT2D eigenvalue weighted by atomic mass is 32.2. The molecule has 0 radical (unpaired) electrons. The van der Waals surface area contributed by atoms with Crippen molar-refractivity contribution in [3.8, 4) is 0 Å². The molecule has 0 saturated heterocycles. The normalized spacial score (nSPS) is 13.4. The number of carbonyl (C=O) groups excluding carboxylic acids is 3. The van der Waals surface area contributed by atoms with Crippen molar-refractivity contribution < 1.29 is 14.4 Å². The molecule has 1 unspecified atom stereocenters. The molecule has 0 fully saturated rings. The molecule has 0 spiro atoms. The van der Waals surface area contributed by atoms with Crippen LogP contribution in [-0.2, 0) is 20.8 Å². The van der Waals surface area contributed by atoms with Crippen molar-refractivity contribution in [1.82, 2.24) is 5.32 Å². The monoisotopic (exact) mass is 350 g/mol. The van der Waals surface area contributed by atoms with Crippen LogP contribution in [0, 0.1) is 5.92 Å². The number of primary amides is 1. The van der Waals surface area contributed by atoms with E-state index in [0.29, 0.717) is 5.92 Å². The SMILES string of the molecule is CC(=O)N[C@H](CSC(=O)C(C)c1ccc(CC(C)C)cc1)C(N)=O. The summed E-state index contributed by atoms with van der Waals surface area (Å²) in [6.45, 7) is 7.48. The maximum atomic E-state index is 12.3. The average molecular weight is 350 g/mol. The van der Waals surface area contributed by atoms with Gasteiger partial charge in [0, 0.05) is 12.7 Å². The Morgan fingerprint density at radius 3 is 2.17 bits per heavy atom. The van der Waals surface area contributed by atoms with Crippen molar-refractivity contribution in [1.29, 1.82) is 0 Å². The standard InChI is InChI=1S/C18H26N2O3S/c1-11(2)9-14-5-7-15(8-6-14)12(3)18(23)24-10-16(17(19)22)20-13(4)21/h5-8,11-12,16H,9-10H2,1-4H3,(H2,19,22)(H,20,21)/t12?,16-/m1/s1. The predicted molar refractivity (Wildman–Crippen MR) is 97.7 cm³/mol. The van der Waals surface area contributed by atoms with Crippen molar-refractivity contribution in [2.24, 2.45) is 11.7 Å². The van der Waals surface area contributed by atoms with Crippen LogP contribution in [0.2, 0.25) is 0 Å². The smallest absolute Gasteiger partial charge is 0.240 e. The molecule has 6 heteroatoms. The fraction of sp³-hybridized carbons (Fsp3) is 0.500. The molecule has 0 bridgehead atoms. The number of benzene rings is 1. The van der Waals surface area contributed by atoms with Gasteiger partial charge in [0.05, 0.1) is 5.92 Å². The van der Waals surface area contributed by atoms with Crippen LogP contribution in [0.4, 0.5) is 0 Å². The van der Waals surface area contributed by atoms with Gasteiger partial charge in [-0.3, -0.25) is 14.4 Å². The molecule has 0 aliphatic carbocycles. The summed E-state index contributed by atoms with van der Waals surface area (Å²) in [6, 6.07) is 7.21. The summed E-state index contributed by atoms with van der Waals surface area (Å²) >= 11 is 1.02. The van der Waals surface area contributed by atoms with Gasteiger partial charge < -0.3 is 11.1 Å². The van der Waals surface area contributed by atoms with Crippen LogP contribution in [0.15, 0.2) is 24.3 Å². The second-order valence-electron chi connectivity index (χ2n) is 6.35. The van der Waals surface area contributed by atoms with E-state index in [1.807, 2.05) is 31.2 Å². The highest BCUT2D eigenvalue weighted by Crippen LogP contribution is 2.23. The van der Waals surface area contributed by atoms with Gasteiger partial charge >= 0.3 is 0 Å². The Hall–Kier alpha value is -1.82. The van der Waals surface area contributed by atoms with Crippen LogP contribution in [0.3, 0.4) is 0 Å². The first-order valence-corrected chi connectivity index (χ1v) is 9.01. The van der Waals surface area contributed by atoms with Gasteiger partial charge in [-0.05, 0) is 23.5 Å². The summed E-state index contributed by atoms with van der Waals surface area (Å²) in [5.41, 5.74) is 7.43. The zero-order chi connectivity index (χ0) is 18.3. The highest BCUT2D eigenvalue weighted by Gasteiger charge is 2.21. The lowest BCUT2D eigenvalue weighted by atomic mass is 9.97. The summed E-state index contributed by atoms with van der Waals surface area (Å²) in [4.78, 5) is 34.7. The lowest BCUT2D eigenvalue weighted by Crippen LogP contribution is -2.45. The Labute approximate surface area is 147 Å². The first-order valence-electron chi connectivity index (χ1n) is 8.02. The van der Waals surface area contributed by atoms with Gasteiger partial charge in [0.1, 0.15) is 6.04 Å². The van der Waals surface area contributed by atoms with E-state index in [4.69, 9.17) is 5.73 Å². The quantitative estimate of drug-likeness (QED) is 0.752. The van der Waals surface area contributed by atoms with E-state index in [1.54, 1.807) is 0 Å². The Balaban J connectivity index is 2.63. The van der Waals surface area contributed by atoms with E-state index in [1.165, 1.54) is 12.5 Å². The Bertz CT molecular complexity index is 584. The van der Waals surface area contributed by atoms with Gasteiger partial charge in [-0.15, -0.1) is 0 Å². The van der Waals surface area contributed by atoms with E-state index >= 15 is 0 Å². The van der Waals surface area contributed by atoms with E-state index in [9.17, 15) is 14.4 Å². The zero-order valence-corrected chi connectivity index (χ0v) is 15.5. The number of nitrogens with one attached hydrogen (secondary N) is 1. The highest BCUT2D eigenvalue weighted by molar-refractivity contribution is 8.13. The number of nitrogens with two attached hydrogens (primary N) is 1. The van der Waals surface area contributed by atoms with Crippen LogP contribution < -0.4 is 11.1 Å². The molecule has 2 atom stereocenters. The minimum Gasteiger partial charge on any atom is -0.368 e. The zero-order valence-electron chi connectivity index (χ0n) is 14.7. The molecule has 0 aliphatic heterocycles. The summed E-state index contributed by atoms with van der Waals surface area (Å²) in [5.74, 6) is -0.542. The van der Waals surface area contributed by atoms with Crippen LogP contribution in [-0.4, -0.2) is 28.7 Å². The molecular formula is C18H26N2O3S. The molecule has 0 aromatic heterocycles. The van der Waals surface area contributed by atoms with E-state index < -0.39 is 11.9 Å². The molecule has 1 aromatic carbocycles. The predicted octanol–water partition coefficient (Wildman–Crippen LogP) is 2.24. The van der Waals surface area contributed by atoms with E-state index in [-0.39, 0.29) is 22.7 Å². The van der Waals surface area contributed by atoms with Crippen LogP contribution in [0.25, 0.3) is 0 Å². The fourth-order valence-electron chi connectivity index (χ4n) is 2.28. The number of hydrogen-bond acceptors (Lipinski definition) is 4. The van der Waals surface area contributed by atoms with Crippen molar-refractivity contribution in [3.05, 3.63) is 35.4 Å². The largest absolute Gasteiger partial charge is 0.368 e. The molecule has 3 N–H and O–H groups in total. The molecule has 2 amide bonds. The maximum Gasteiger partial charge on any atom is 0.240 e. The minimum absolute atomic E-state index is 0.0526. The summed E-state index contributed by atoms with van der Waals surface area (Å²) in [5, 5.41) is 2.40. The first-order chi connectivity index (χ1) is 11.2. The second kappa shape index (κ2) is 9.47. The Kier molecular flexibility index (Phi) is 7.98. The average Bonchev–Trinajstić information content (AvgIpc) is 2.50. The fourth-order valence-corrected chi connectivity index (χ4v) is 3.25. The van der Waals surface area contributed by atoms with Crippen molar-refractivity contribution >= 4 is 28.7 Å². The number of rotatable bonds is 8. The van der Waals surface area contributed by atoms with Gasteiger partial charge in [0.25, 0.3) is 0 Å². The molecule has 5 nitrogen and oxygen atoms in total. The van der Waals surface area contributed by atoms with E-state index in [2.05, 4.69) is 19.2 Å². The first kappa shape index (κ1) is 20.2. The van der Waals surface area contributed by atoms with Crippen LogP contribution in [0.5, 0.6) is 0 Å². The second-order valence-corrected chi connectivity index (χ2v) is 7.37. The van der Waals surface area contributed by atoms with Gasteiger partial charge in [0.15, 0.2) is 5.12 Å². The molecular weight excluding hydrogens is 324 g/mol. The third-order valence-corrected chi connectivity index (χ3v) is 4.73. The molecule has 132 valence electrons. The van der Waals surface area contributed by atoms with Gasteiger partial charge in [-0.1, -0.05) is 56.8 Å². The maximum absolute atomic E-state index is 12.3. The lowest BCUT2D eigenvalue weighted by Gasteiger charge is -2.15. The van der Waals surface area contributed by atoms with E-state index in [0.717, 1.165) is 23.7 Å². The van der Waals surface area contributed by atoms with Crippen molar-refractivity contribution in [2.45, 2.75) is 46.1 Å². The van der Waals surface area contributed by atoms with Crippen molar-refractivity contribution in [3.63, 3.8) is 0 Å². The van der Waals surface area contributed by atoms with Crippen LogP contribution in [0.1, 0.15) is 44.7 Å². The number of thioether (sulfide) groups is 1. The summed E-state index contributed by atoms with van der Waals surface area (Å²) in [7, 11) is 0. The summed E-state index contributed by atoms with van der Waals surface area (Å²) in [6.07, 6.45) is 1.01.